The molecule has 9 heteroatoms. The number of hydrogen-bond acceptors (Lipinski definition) is 6. The zero-order valence-corrected chi connectivity index (χ0v) is 37.3. The van der Waals surface area contributed by atoms with Gasteiger partial charge >= 0.3 is 7.82 Å². The fourth-order valence-electron chi connectivity index (χ4n) is 7.25. The van der Waals surface area contributed by atoms with Crippen LogP contribution in [0.5, 0.6) is 0 Å². The SMILES string of the molecule is CCCCCCCCCCCCC/C=C/[C@@H](O)[C@H](COP(=O)(O)OCCN)NC(=O)CCCCCCCCCCCCCCCCCCCCCCCCC. The van der Waals surface area contributed by atoms with Gasteiger partial charge in [0.05, 0.1) is 25.4 Å². The molecule has 0 aliphatic rings. The molecular weight excluding hydrogens is 707 g/mol. The van der Waals surface area contributed by atoms with Crippen molar-refractivity contribution >= 4 is 13.7 Å². The van der Waals surface area contributed by atoms with Crippen molar-refractivity contribution in [2.75, 3.05) is 19.8 Å². The van der Waals surface area contributed by atoms with Gasteiger partial charge in [0.2, 0.25) is 5.91 Å². The van der Waals surface area contributed by atoms with Crippen molar-refractivity contribution < 1.29 is 28.4 Å². The van der Waals surface area contributed by atoms with E-state index in [0.717, 1.165) is 38.5 Å². The van der Waals surface area contributed by atoms with E-state index in [1.165, 1.54) is 186 Å². The van der Waals surface area contributed by atoms with E-state index in [2.05, 4.69) is 19.2 Å². The number of aliphatic hydroxyl groups excluding tert-OH is 1. The average Bonchev–Trinajstić information content (AvgIpc) is 3.17. The zero-order chi connectivity index (χ0) is 40.3. The molecule has 0 aromatic rings. The highest BCUT2D eigenvalue weighted by Gasteiger charge is 2.26. The van der Waals surface area contributed by atoms with Gasteiger partial charge < -0.3 is 21.1 Å². The van der Waals surface area contributed by atoms with Crippen LogP contribution in [0.1, 0.15) is 245 Å². The topological polar surface area (TPSA) is 131 Å². The molecule has 0 saturated heterocycles. The molecule has 0 heterocycles. The van der Waals surface area contributed by atoms with Crippen molar-refractivity contribution in [2.24, 2.45) is 5.73 Å². The van der Waals surface area contributed by atoms with Crippen molar-refractivity contribution in [1.29, 1.82) is 0 Å². The largest absolute Gasteiger partial charge is 0.472 e. The number of allylic oxidation sites excluding steroid dienone is 1. The fraction of sp³-hybridized carbons (Fsp3) is 0.935. The summed E-state index contributed by atoms with van der Waals surface area (Å²) in [4.78, 5) is 22.7. The summed E-state index contributed by atoms with van der Waals surface area (Å²) in [7, 11) is -4.33. The standard InChI is InChI=1S/C46H93N2O6P/c1-3-5-7-9-11-13-15-17-18-19-20-21-22-23-24-25-26-28-30-32-34-36-38-40-46(50)48-44(43-54-55(51,52)53-42-41-47)45(49)39-37-35-33-31-29-27-16-14-12-10-8-6-4-2/h37,39,44-45,49H,3-36,38,40-43,47H2,1-2H3,(H,48,50)(H,51,52)/b39-37+/t44-,45+/m0/s1. The van der Waals surface area contributed by atoms with E-state index in [1.54, 1.807) is 6.08 Å². The lowest BCUT2D eigenvalue weighted by Crippen LogP contribution is -2.45. The first kappa shape index (κ1) is 54.2. The molecule has 0 spiro atoms. The van der Waals surface area contributed by atoms with Crippen LogP contribution in [0.2, 0.25) is 0 Å². The van der Waals surface area contributed by atoms with E-state index in [9.17, 15) is 19.4 Å². The molecule has 0 aliphatic heterocycles. The molecule has 3 atom stereocenters. The van der Waals surface area contributed by atoms with E-state index in [-0.39, 0.29) is 25.7 Å². The minimum absolute atomic E-state index is 0.0814. The predicted molar refractivity (Wildman–Crippen MR) is 235 cm³/mol. The summed E-state index contributed by atoms with van der Waals surface area (Å²) in [6.07, 6.45) is 48.4. The van der Waals surface area contributed by atoms with Gasteiger partial charge in [-0.05, 0) is 19.3 Å². The molecule has 5 N–H and O–H groups in total. The molecular formula is C46H93N2O6P. The number of carbonyl (C=O) groups is 1. The van der Waals surface area contributed by atoms with Crippen LogP contribution in [0.25, 0.3) is 0 Å². The number of phosphoric acid groups is 1. The summed E-state index contributed by atoms with van der Waals surface area (Å²) in [6.45, 7) is 4.16. The maximum absolute atomic E-state index is 12.8. The number of carbonyl (C=O) groups excluding carboxylic acids is 1. The van der Waals surface area contributed by atoms with E-state index in [1.807, 2.05) is 6.08 Å². The Morgan fingerprint density at radius 2 is 0.927 bits per heavy atom. The summed E-state index contributed by atoms with van der Waals surface area (Å²) in [5.41, 5.74) is 5.38. The Morgan fingerprint density at radius 1 is 0.582 bits per heavy atom. The van der Waals surface area contributed by atoms with Gasteiger partial charge in [0.15, 0.2) is 0 Å². The third kappa shape index (κ3) is 41.2. The van der Waals surface area contributed by atoms with Gasteiger partial charge in [-0.25, -0.2) is 4.57 Å². The van der Waals surface area contributed by atoms with Gasteiger partial charge in [0, 0.05) is 13.0 Å². The van der Waals surface area contributed by atoms with Crippen LogP contribution in [0.4, 0.5) is 0 Å². The molecule has 0 fully saturated rings. The van der Waals surface area contributed by atoms with Crippen LogP contribution in [0, 0.1) is 0 Å². The van der Waals surface area contributed by atoms with Gasteiger partial charge in [-0.15, -0.1) is 0 Å². The molecule has 0 aromatic carbocycles. The number of unbranched alkanes of at least 4 members (excludes halogenated alkanes) is 33. The summed E-state index contributed by atoms with van der Waals surface area (Å²) < 4.78 is 22.1. The fourth-order valence-corrected chi connectivity index (χ4v) is 8.01. The molecule has 0 radical (unpaired) electrons. The molecule has 55 heavy (non-hydrogen) atoms. The van der Waals surface area contributed by atoms with Crippen LogP contribution in [0.3, 0.4) is 0 Å². The molecule has 0 rings (SSSR count). The lowest BCUT2D eigenvalue weighted by Gasteiger charge is -2.23. The summed E-state index contributed by atoms with van der Waals surface area (Å²) in [6, 6.07) is -0.854. The number of nitrogens with two attached hydrogens (primary N) is 1. The first-order valence-electron chi connectivity index (χ1n) is 23.8. The molecule has 0 aliphatic carbocycles. The minimum Gasteiger partial charge on any atom is -0.387 e. The number of nitrogens with one attached hydrogen (secondary N) is 1. The normalized spacial score (nSPS) is 14.1. The smallest absolute Gasteiger partial charge is 0.387 e. The lowest BCUT2D eigenvalue weighted by molar-refractivity contribution is -0.123. The van der Waals surface area contributed by atoms with Gasteiger partial charge in [0.1, 0.15) is 0 Å². The van der Waals surface area contributed by atoms with E-state index in [0.29, 0.717) is 6.42 Å². The van der Waals surface area contributed by atoms with E-state index >= 15 is 0 Å². The van der Waals surface area contributed by atoms with E-state index in [4.69, 9.17) is 14.8 Å². The first-order valence-corrected chi connectivity index (χ1v) is 25.3. The molecule has 8 nitrogen and oxygen atoms in total. The number of rotatable bonds is 45. The van der Waals surface area contributed by atoms with Gasteiger partial charge in [0.25, 0.3) is 0 Å². The second-order valence-electron chi connectivity index (χ2n) is 16.3. The summed E-state index contributed by atoms with van der Waals surface area (Å²) in [5.74, 6) is -0.189. The highest BCUT2D eigenvalue weighted by atomic mass is 31.2. The van der Waals surface area contributed by atoms with Crippen LogP contribution in [-0.4, -0.2) is 47.8 Å². The highest BCUT2D eigenvalue weighted by Crippen LogP contribution is 2.43. The van der Waals surface area contributed by atoms with Crippen molar-refractivity contribution in [3.63, 3.8) is 0 Å². The van der Waals surface area contributed by atoms with Crippen molar-refractivity contribution in [1.82, 2.24) is 5.32 Å². The van der Waals surface area contributed by atoms with Crippen molar-refractivity contribution in [2.45, 2.75) is 257 Å². The quantitative estimate of drug-likeness (QED) is 0.0274. The molecule has 0 saturated carbocycles. The van der Waals surface area contributed by atoms with Gasteiger partial charge in [-0.2, -0.15) is 0 Å². The number of aliphatic hydroxyl groups is 1. The molecule has 1 unspecified atom stereocenters. The average molecular weight is 801 g/mol. The Labute approximate surface area is 341 Å². The number of amides is 1. The Kier molecular flexibility index (Phi) is 42.2. The summed E-state index contributed by atoms with van der Waals surface area (Å²) in [5, 5.41) is 13.7. The number of hydrogen-bond donors (Lipinski definition) is 4. The summed E-state index contributed by atoms with van der Waals surface area (Å²) >= 11 is 0. The molecule has 1 amide bonds. The Bertz CT molecular complexity index is 875. The van der Waals surface area contributed by atoms with Crippen molar-refractivity contribution in [3.8, 4) is 0 Å². The van der Waals surface area contributed by atoms with Gasteiger partial charge in [-0.3, -0.25) is 13.8 Å². The van der Waals surface area contributed by atoms with Crippen molar-refractivity contribution in [3.05, 3.63) is 12.2 Å². The third-order valence-corrected chi connectivity index (χ3v) is 11.8. The second-order valence-corrected chi connectivity index (χ2v) is 17.8. The van der Waals surface area contributed by atoms with E-state index < -0.39 is 20.0 Å². The second kappa shape index (κ2) is 42.8. The molecule has 0 aromatic heterocycles. The highest BCUT2D eigenvalue weighted by molar-refractivity contribution is 7.47. The Balaban J connectivity index is 4.03. The maximum Gasteiger partial charge on any atom is 0.472 e. The maximum atomic E-state index is 12.8. The first-order chi connectivity index (χ1) is 26.9. The number of phosphoric ester groups is 1. The Hall–Kier alpha value is -0.760. The van der Waals surface area contributed by atoms with Crippen LogP contribution in [-0.2, 0) is 18.4 Å². The monoisotopic (exact) mass is 801 g/mol. The predicted octanol–water partition coefficient (Wildman–Crippen LogP) is 13.6. The third-order valence-electron chi connectivity index (χ3n) is 10.9. The van der Waals surface area contributed by atoms with Crippen LogP contribution < -0.4 is 11.1 Å². The minimum atomic E-state index is -4.33. The molecule has 328 valence electrons. The van der Waals surface area contributed by atoms with Crippen LogP contribution >= 0.6 is 7.82 Å². The molecule has 0 bridgehead atoms. The lowest BCUT2D eigenvalue weighted by atomic mass is 10.0. The van der Waals surface area contributed by atoms with Gasteiger partial charge in [-0.1, -0.05) is 231 Å². The van der Waals surface area contributed by atoms with Crippen LogP contribution in [0.15, 0.2) is 12.2 Å². The Morgan fingerprint density at radius 3 is 1.29 bits per heavy atom. The zero-order valence-electron chi connectivity index (χ0n) is 36.4.